The summed E-state index contributed by atoms with van der Waals surface area (Å²) >= 11 is 0. The van der Waals surface area contributed by atoms with Crippen molar-refractivity contribution in [3.8, 4) is 23.1 Å². The molecule has 6 nitrogen and oxygen atoms in total. The van der Waals surface area contributed by atoms with Gasteiger partial charge < -0.3 is 10.1 Å². The van der Waals surface area contributed by atoms with Crippen LogP contribution in [0.4, 0.5) is 18.9 Å². The number of benzene rings is 2. The van der Waals surface area contributed by atoms with Gasteiger partial charge in [0, 0.05) is 17.7 Å². The second-order valence-electron chi connectivity index (χ2n) is 8.07. The average molecular weight is 446 g/mol. The van der Waals surface area contributed by atoms with E-state index in [1.807, 2.05) is 13.8 Å². The molecule has 0 aliphatic carbocycles. The molecule has 170 valence electrons. The fourth-order valence-electron chi connectivity index (χ4n) is 3.02. The molecule has 0 saturated carbocycles. The number of nitrogens with zero attached hydrogens (tertiary/aromatic N) is 3. The van der Waals surface area contributed by atoms with Gasteiger partial charge in [-0.25, -0.2) is 4.68 Å². The second-order valence-corrected chi connectivity index (χ2v) is 8.07. The lowest BCUT2D eigenvalue weighted by molar-refractivity contribution is -0.137. The third-order valence-corrected chi connectivity index (χ3v) is 4.37. The van der Waals surface area contributed by atoms with E-state index in [0.29, 0.717) is 17.8 Å². The standard InChI is InChI=1S/C23H25F3N4O2/c1-14(2)12-20(31)27-18-8-10-19(11-9-18)30-21(28-22(29-30)32-15(3)4)16-6-5-7-17(13-16)23(24,25)26/h5-11,13-15H,12H2,1-4H3,(H,27,31). The number of hydrogen-bond acceptors (Lipinski definition) is 4. The molecule has 1 N–H and O–H groups in total. The van der Waals surface area contributed by atoms with Crippen molar-refractivity contribution in [1.29, 1.82) is 0 Å². The molecule has 0 aliphatic heterocycles. The maximum atomic E-state index is 13.2. The van der Waals surface area contributed by atoms with E-state index in [4.69, 9.17) is 4.74 Å². The van der Waals surface area contributed by atoms with Gasteiger partial charge in [-0.1, -0.05) is 26.0 Å². The van der Waals surface area contributed by atoms with Crippen LogP contribution in [0.2, 0.25) is 0 Å². The Balaban J connectivity index is 1.97. The fourth-order valence-corrected chi connectivity index (χ4v) is 3.02. The van der Waals surface area contributed by atoms with Crippen molar-refractivity contribution >= 4 is 11.6 Å². The molecule has 1 aromatic heterocycles. The Labute approximate surface area is 184 Å². The molecule has 3 aromatic rings. The van der Waals surface area contributed by atoms with Gasteiger partial charge in [0.05, 0.1) is 17.4 Å². The van der Waals surface area contributed by atoms with Gasteiger partial charge in [0.15, 0.2) is 5.82 Å². The lowest BCUT2D eigenvalue weighted by atomic mass is 10.1. The molecule has 2 aromatic carbocycles. The molecule has 1 heterocycles. The Kier molecular flexibility index (Phi) is 6.86. The zero-order chi connectivity index (χ0) is 23.5. The van der Waals surface area contributed by atoms with E-state index in [9.17, 15) is 18.0 Å². The maximum Gasteiger partial charge on any atom is 0.416 e. The number of anilines is 1. The van der Waals surface area contributed by atoms with E-state index in [0.717, 1.165) is 12.1 Å². The Morgan fingerprint density at radius 2 is 1.78 bits per heavy atom. The zero-order valence-electron chi connectivity index (χ0n) is 18.3. The summed E-state index contributed by atoms with van der Waals surface area (Å²) in [6.45, 7) is 7.53. The van der Waals surface area contributed by atoms with Crippen LogP contribution in [-0.4, -0.2) is 26.8 Å². The number of halogens is 3. The molecule has 0 unspecified atom stereocenters. The fraction of sp³-hybridized carbons (Fsp3) is 0.348. The molecule has 32 heavy (non-hydrogen) atoms. The average Bonchev–Trinajstić information content (AvgIpc) is 3.10. The van der Waals surface area contributed by atoms with E-state index in [-0.39, 0.29) is 35.3 Å². The van der Waals surface area contributed by atoms with Crippen LogP contribution in [0.15, 0.2) is 48.5 Å². The van der Waals surface area contributed by atoms with E-state index < -0.39 is 11.7 Å². The topological polar surface area (TPSA) is 69.0 Å². The van der Waals surface area contributed by atoms with Crippen molar-refractivity contribution in [2.24, 2.45) is 5.92 Å². The van der Waals surface area contributed by atoms with Gasteiger partial charge in [0.25, 0.3) is 0 Å². The number of aromatic nitrogens is 3. The minimum absolute atomic E-state index is 0.0572. The molecule has 0 bridgehead atoms. The zero-order valence-corrected chi connectivity index (χ0v) is 18.3. The van der Waals surface area contributed by atoms with Crippen LogP contribution in [0.25, 0.3) is 17.1 Å². The summed E-state index contributed by atoms with van der Waals surface area (Å²) < 4.78 is 46.6. The van der Waals surface area contributed by atoms with Crippen LogP contribution < -0.4 is 10.1 Å². The molecular weight excluding hydrogens is 421 g/mol. The van der Waals surface area contributed by atoms with E-state index >= 15 is 0 Å². The quantitative estimate of drug-likeness (QED) is 0.504. The number of amides is 1. The van der Waals surface area contributed by atoms with Crippen molar-refractivity contribution in [2.45, 2.75) is 46.4 Å². The molecule has 0 aliphatic rings. The number of carbonyl (C=O) groups excluding carboxylic acids is 1. The summed E-state index contributed by atoms with van der Waals surface area (Å²) in [6.07, 6.45) is -4.28. The molecule has 0 fully saturated rings. The molecule has 0 radical (unpaired) electrons. The lowest BCUT2D eigenvalue weighted by Crippen LogP contribution is -2.13. The molecule has 1 amide bonds. The van der Waals surface area contributed by atoms with Gasteiger partial charge in [-0.15, -0.1) is 5.10 Å². The summed E-state index contributed by atoms with van der Waals surface area (Å²) in [4.78, 5) is 16.3. The molecule has 0 saturated heterocycles. The molecule has 0 atom stereocenters. The SMILES string of the molecule is CC(C)CC(=O)Nc1ccc(-n2nc(OC(C)C)nc2-c2cccc(C(F)(F)F)c2)cc1. The number of nitrogens with one attached hydrogen (secondary N) is 1. The van der Waals surface area contributed by atoms with Crippen LogP contribution in [0, 0.1) is 5.92 Å². The number of carbonyl (C=O) groups is 1. The Bertz CT molecular complexity index is 1070. The van der Waals surface area contributed by atoms with Crippen LogP contribution in [-0.2, 0) is 11.0 Å². The minimum atomic E-state index is -4.48. The predicted molar refractivity (Wildman–Crippen MR) is 116 cm³/mol. The maximum absolute atomic E-state index is 13.2. The predicted octanol–water partition coefficient (Wildman–Crippen LogP) is 5.72. The first-order valence-corrected chi connectivity index (χ1v) is 10.2. The van der Waals surface area contributed by atoms with Crippen molar-refractivity contribution in [2.75, 3.05) is 5.32 Å². The second kappa shape index (κ2) is 9.42. The van der Waals surface area contributed by atoms with Crippen molar-refractivity contribution in [1.82, 2.24) is 14.8 Å². The normalized spacial score (nSPS) is 11.8. The molecule has 0 spiro atoms. The molecule has 3 rings (SSSR count). The van der Waals surface area contributed by atoms with Gasteiger partial charge in [0.1, 0.15) is 0 Å². The van der Waals surface area contributed by atoms with Crippen molar-refractivity contribution in [3.05, 3.63) is 54.1 Å². The van der Waals surface area contributed by atoms with Crippen LogP contribution in [0.5, 0.6) is 6.01 Å². The highest BCUT2D eigenvalue weighted by atomic mass is 19.4. The Morgan fingerprint density at radius 1 is 1.09 bits per heavy atom. The summed E-state index contributed by atoms with van der Waals surface area (Å²) in [5.41, 5.74) is 0.642. The first kappa shape index (κ1) is 23.3. The van der Waals surface area contributed by atoms with E-state index in [1.165, 1.54) is 16.8 Å². The Morgan fingerprint density at radius 3 is 2.38 bits per heavy atom. The van der Waals surface area contributed by atoms with Gasteiger partial charge in [0.2, 0.25) is 5.91 Å². The van der Waals surface area contributed by atoms with Gasteiger partial charge in [-0.2, -0.15) is 18.2 Å². The first-order chi connectivity index (χ1) is 15.0. The van der Waals surface area contributed by atoms with Gasteiger partial charge >= 0.3 is 12.2 Å². The highest BCUT2D eigenvalue weighted by Crippen LogP contribution is 2.33. The smallest absolute Gasteiger partial charge is 0.416 e. The summed E-state index contributed by atoms with van der Waals surface area (Å²) in [5.74, 6) is 0.355. The van der Waals surface area contributed by atoms with E-state index in [2.05, 4.69) is 15.4 Å². The third kappa shape index (κ3) is 5.87. The van der Waals surface area contributed by atoms with Crippen LogP contribution >= 0.6 is 0 Å². The summed E-state index contributed by atoms with van der Waals surface area (Å²) in [5, 5.41) is 7.15. The van der Waals surface area contributed by atoms with Gasteiger partial charge in [-0.05, 0) is 56.2 Å². The Hall–Kier alpha value is -3.36. The highest BCUT2D eigenvalue weighted by Gasteiger charge is 2.31. The number of ether oxygens (including phenoxy) is 1. The number of alkyl halides is 3. The van der Waals surface area contributed by atoms with Crippen molar-refractivity contribution in [3.63, 3.8) is 0 Å². The van der Waals surface area contributed by atoms with Gasteiger partial charge in [-0.3, -0.25) is 4.79 Å². The van der Waals surface area contributed by atoms with Crippen molar-refractivity contribution < 1.29 is 22.7 Å². The molecule has 9 heteroatoms. The monoisotopic (exact) mass is 446 g/mol. The lowest BCUT2D eigenvalue weighted by Gasteiger charge is -2.11. The minimum Gasteiger partial charge on any atom is -0.460 e. The summed E-state index contributed by atoms with van der Waals surface area (Å²) in [7, 11) is 0. The van der Waals surface area contributed by atoms with Crippen LogP contribution in [0.3, 0.4) is 0 Å². The highest BCUT2D eigenvalue weighted by molar-refractivity contribution is 5.90. The van der Waals surface area contributed by atoms with E-state index in [1.54, 1.807) is 38.1 Å². The number of rotatable bonds is 7. The largest absolute Gasteiger partial charge is 0.460 e. The number of hydrogen-bond donors (Lipinski definition) is 1. The first-order valence-electron chi connectivity index (χ1n) is 10.2. The summed E-state index contributed by atoms with van der Waals surface area (Å²) in [6, 6.07) is 11.8. The third-order valence-electron chi connectivity index (χ3n) is 4.37. The van der Waals surface area contributed by atoms with Crippen LogP contribution in [0.1, 0.15) is 39.7 Å². The molecular formula is C23H25F3N4O2.